The molecule has 0 bridgehead atoms. The second kappa shape index (κ2) is 3.03. The average molecular weight is 157 g/mol. The first-order valence-electron chi connectivity index (χ1n) is 3.11. The fourth-order valence-electron chi connectivity index (χ4n) is 0.692. The van der Waals surface area contributed by atoms with Gasteiger partial charge in [0.15, 0.2) is 0 Å². The van der Waals surface area contributed by atoms with Gasteiger partial charge in [0, 0.05) is 19.0 Å². The Kier molecular flexibility index (Phi) is 2.29. The van der Waals surface area contributed by atoms with Crippen molar-refractivity contribution in [3.63, 3.8) is 0 Å². The lowest BCUT2D eigenvalue weighted by atomic mass is 10.5. The number of rotatable bonds is 2. The molecule has 1 N–H and O–H groups in total. The van der Waals surface area contributed by atoms with Gasteiger partial charge in [-0.2, -0.15) is 0 Å². The summed E-state index contributed by atoms with van der Waals surface area (Å²) < 4.78 is 0. The molecule has 0 unspecified atom stereocenters. The number of aliphatic hydroxyl groups excluding tert-OH is 1. The third-order valence-corrected chi connectivity index (χ3v) is 2.48. The van der Waals surface area contributed by atoms with Crippen LogP contribution in [0.2, 0.25) is 0 Å². The molecule has 0 radical (unpaired) electrons. The fraction of sp³-hybridized carbons (Fsp3) is 0.429. The van der Waals surface area contributed by atoms with Crippen molar-refractivity contribution in [3.05, 3.63) is 17.0 Å². The van der Waals surface area contributed by atoms with E-state index in [0.29, 0.717) is 0 Å². The van der Waals surface area contributed by atoms with Crippen LogP contribution < -0.4 is 4.90 Å². The Morgan fingerprint density at radius 3 is 2.50 bits per heavy atom. The molecule has 0 fully saturated rings. The molecular formula is C7H11NOS. The maximum absolute atomic E-state index is 8.72. The van der Waals surface area contributed by atoms with Gasteiger partial charge in [0.05, 0.1) is 11.6 Å². The number of aliphatic hydroxyl groups is 1. The van der Waals surface area contributed by atoms with E-state index >= 15 is 0 Å². The molecule has 56 valence electrons. The van der Waals surface area contributed by atoms with Crippen LogP contribution >= 0.6 is 11.3 Å². The summed E-state index contributed by atoms with van der Waals surface area (Å²) >= 11 is 1.62. The Hall–Kier alpha value is -0.540. The summed E-state index contributed by atoms with van der Waals surface area (Å²) in [5, 5.41) is 9.91. The van der Waals surface area contributed by atoms with Gasteiger partial charge in [-0.15, -0.1) is 11.3 Å². The highest BCUT2D eigenvalue weighted by atomic mass is 32.1. The van der Waals surface area contributed by atoms with Crippen LogP contribution in [0.5, 0.6) is 0 Å². The standard InChI is InChI=1S/C7H11NOS/c1-8(2)7-4-3-6(5-9)10-7/h3-4,9H,5H2,1-2H3. The van der Waals surface area contributed by atoms with Gasteiger partial charge in [-0.3, -0.25) is 0 Å². The minimum absolute atomic E-state index is 0.151. The first-order valence-corrected chi connectivity index (χ1v) is 3.92. The molecule has 0 atom stereocenters. The van der Waals surface area contributed by atoms with Crippen molar-refractivity contribution in [2.24, 2.45) is 0 Å². The van der Waals surface area contributed by atoms with Gasteiger partial charge in [-0.1, -0.05) is 0 Å². The van der Waals surface area contributed by atoms with Crippen LogP contribution in [-0.4, -0.2) is 19.2 Å². The number of thiophene rings is 1. The number of hydrogen-bond donors (Lipinski definition) is 1. The van der Waals surface area contributed by atoms with Crippen molar-refractivity contribution in [1.82, 2.24) is 0 Å². The van der Waals surface area contributed by atoms with Gasteiger partial charge in [-0.05, 0) is 12.1 Å². The van der Waals surface area contributed by atoms with Crippen molar-refractivity contribution in [2.45, 2.75) is 6.61 Å². The van der Waals surface area contributed by atoms with Gasteiger partial charge in [0.1, 0.15) is 0 Å². The molecular weight excluding hydrogens is 146 g/mol. The van der Waals surface area contributed by atoms with Gasteiger partial charge >= 0.3 is 0 Å². The molecule has 2 nitrogen and oxygen atoms in total. The van der Waals surface area contributed by atoms with Gasteiger partial charge in [-0.25, -0.2) is 0 Å². The predicted octanol–water partition coefficient (Wildman–Crippen LogP) is 1.31. The summed E-state index contributed by atoms with van der Waals surface area (Å²) in [5.74, 6) is 0. The molecule has 3 heteroatoms. The third kappa shape index (κ3) is 1.49. The van der Waals surface area contributed by atoms with E-state index < -0.39 is 0 Å². The molecule has 0 aromatic carbocycles. The smallest absolute Gasteiger partial charge is 0.0907 e. The minimum atomic E-state index is 0.151. The Balaban J connectivity index is 2.78. The van der Waals surface area contributed by atoms with Crippen LogP contribution in [0, 0.1) is 0 Å². The number of anilines is 1. The van der Waals surface area contributed by atoms with E-state index in [9.17, 15) is 0 Å². The van der Waals surface area contributed by atoms with E-state index in [2.05, 4.69) is 0 Å². The maximum Gasteiger partial charge on any atom is 0.0907 e. The minimum Gasteiger partial charge on any atom is -0.391 e. The molecule has 0 spiro atoms. The van der Waals surface area contributed by atoms with Crippen LogP contribution in [0.1, 0.15) is 4.88 Å². The van der Waals surface area contributed by atoms with Crippen molar-refractivity contribution in [1.29, 1.82) is 0 Å². The summed E-state index contributed by atoms with van der Waals surface area (Å²) in [7, 11) is 3.99. The van der Waals surface area contributed by atoms with E-state index in [-0.39, 0.29) is 6.61 Å². The normalized spacial score (nSPS) is 9.90. The molecule has 0 saturated carbocycles. The summed E-state index contributed by atoms with van der Waals surface area (Å²) in [4.78, 5) is 3.05. The van der Waals surface area contributed by atoms with Crippen LogP contribution in [0.4, 0.5) is 5.00 Å². The monoisotopic (exact) mass is 157 g/mol. The molecule has 0 saturated heterocycles. The van der Waals surface area contributed by atoms with E-state index in [1.165, 1.54) is 5.00 Å². The Labute approximate surface area is 64.7 Å². The van der Waals surface area contributed by atoms with Crippen molar-refractivity contribution >= 4 is 16.3 Å². The fourth-order valence-corrected chi connectivity index (χ4v) is 1.48. The summed E-state index contributed by atoms with van der Waals surface area (Å²) in [6, 6.07) is 3.95. The molecule has 1 heterocycles. The maximum atomic E-state index is 8.72. The van der Waals surface area contributed by atoms with Gasteiger partial charge in [0.25, 0.3) is 0 Å². The lowest BCUT2D eigenvalue weighted by Crippen LogP contribution is -2.05. The lowest BCUT2D eigenvalue weighted by Gasteiger charge is -2.06. The Morgan fingerprint density at radius 1 is 1.50 bits per heavy atom. The summed E-state index contributed by atoms with van der Waals surface area (Å²) in [6.07, 6.45) is 0. The third-order valence-electron chi connectivity index (χ3n) is 1.24. The largest absolute Gasteiger partial charge is 0.391 e. The zero-order chi connectivity index (χ0) is 7.56. The van der Waals surface area contributed by atoms with Crippen LogP contribution in [0.25, 0.3) is 0 Å². The van der Waals surface area contributed by atoms with E-state index in [4.69, 9.17) is 5.11 Å². The first kappa shape index (κ1) is 7.57. The highest BCUT2D eigenvalue weighted by Gasteiger charge is 1.98. The van der Waals surface area contributed by atoms with Gasteiger partial charge < -0.3 is 10.0 Å². The van der Waals surface area contributed by atoms with E-state index in [1.54, 1.807) is 11.3 Å². The lowest BCUT2D eigenvalue weighted by molar-refractivity contribution is 0.285. The SMILES string of the molecule is CN(C)c1ccc(CO)s1. The average Bonchev–Trinajstić information content (AvgIpc) is 2.34. The second-order valence-corrected chi connectivity index (χ2v) is 3.44. The molecule has 0 aliphatic heterocycles. The zero-order valence-corrected chi connectivity index (χ0v) is 6.98. The number of hydrogen-bond acceptors (Lipinski definition) is 3. The van der Waals surface area contributed by atoms with Crippen LogP contribution in [0.3, 0.4) is 0 Å². The van der Waals surface area contributed by atoms with Crippen molar-refractivity contribution in [3.8, 4) is 0 Å². The Bertz CT molecular complexity index is 207. The first-order chi connectivity index (χ1) is 4.74. The molecule has 0 amide bonds. The molecule has 1 rings (SSSR count). The molecule has 0 aliphatic carbocycles. The molecule has 0 aliphatic rings. The number of nitrogens with zero attached hydrogens (tertiary/aromatic N) is 1. The van der Waals surface area contributed by atoms with Crippen LogP contribution in [-0.2, 0) is 6.61 Å². The van der Waals surface area contributed by atoms with Crippen LogP contribution in [0.15, 0.2) is 12.1 Å². The second-order valence-electron chi connectivity index (χ2n) is 2.29. The quantitative estimate of drug-likeness (QED) is 0.699. The molecule has 1 aromatic rings. The van der Waals surface area contributed by atoms with Crippen molar-refractivity contribution < 1.29 is 5.11 Å². The molecule has 10 heavy (non-hydrogen) atoms. The topological polar surface area (TPSA) is 23.5 Å². The predicted molar refractivity (Wildman–Crippen MR) is 44.6 cm³/mol. The molecule has 1 aromatic heterocycles. The van der Waals surface area contributed by atoms with E-state index in [0.717, 1.165) is 4.88 Å². The van der Waals surface area contributed by atoms with E-state index in [1.807, 2.05) is 31.1 Å². The highest BCUT2D eigenvalue weighted by Crippen LogP contribution is 2.23. The summed E-state index contributed by atoms with van der Waals surface area (Å²) in [5.41, 5.74) is 0. The Morgan fingerprint density at radius 2 is 2.20 bits per heavy atom. The zero-order valence-electron chi connectivity index (χ0n) is 6.16. The van der Waals surface area contributed by atoms with Gasteiger partial charge in [0.2, 0.25) is 0 Å². The highest BCUT2D eigenvalue weighted by molar-refractivity contribution is 7.16. The summed E-state index contributed by atoms with van der Waals surface area (Å²) in [6.45, 7) is 0.151. The van der Waals surface area contributed by atoms with Crippen molar-refractivity contribution in [2.75, 3.05) is 19.0 Å².